The Labute approximate surface area is 178 Å². The predicted molar refractivity (Wildman–Crippen MR) is 115 cm³/mol. The highest BCUT2D eigenvalue weighted by atomic mass is 16.6. The molecule has 0 radical (unpaired) electrons. The van der Waals surface area contributed by atoms with Gasteiger partial charge in [-0.05, 0) is 55.4 Å². The second-order valence-corrected chi connectivity index (χ2v) is 10.9. The lowest BCUT2D eigenvalue weighted by Crippen LogP contribution is -2.57. The van der Waals surface area contributed by atoms with Crippen LogP contribution in [0.5, 0.6) is 0 Å². The zero-order valence-electron chi connectivity index (χ0n) is 21.2. The highest BCUT2D eigenvalue weighted by Crippen LogP contribution is 2.46. The second kappa shape index (κ2) is 8.54. The Morgan fingerprint density at radius 2 is 1.00 bits per heavy atom. The Morgan fingerprint density at radius 3 is 1.38 bits per heavy atom. The summed E-state index contributed by atoms with van der Waals surface area (Å²) in [4.78, 5) is 24.2. The van der Waals surface area contributed by atoms with Crippen LogP contribution in [0.4, 0.5) is 0 Å². The quantitative estimate of drug-likeness (QED) is 0.471. The van der Waals surface area contributed by atoms with Crippen molar-refractivity contribution in [3.63, 3.8) is 0 Å². The number of rotatable bonds is 10. The Kier molecular flexibility index (Phi) is 8.20. The number of carbonyl (C=O) groups is 2. The molecule has 0 heterocycles. The molecule has 0 aliphatic heterocycles. The molecule has 29 heavy (non-hydrogen) atoms. The number of hydrogen-bond acceptors (Lipinski definition) is 6. The fourth-order valence-corrected chi connectivity index (χ4v) is 3.05. The van der Waals surface area contributed by atoms with Crippen LogP contribution in [-0.4, -0.2) is 48.1 Å². The van der Waals surface area contributed by atoms with Crippen molar-refractivity contribution in [1.82, 2.24) is 0 Å². The Bertz CT molecular complexity index is 596. The zero-order valence-corrected chi connectivity index (χ0v) is 21.2. The van der Waals surface area contributed by atoms with E-state index in [1.807, 2.05) is 83.1 Å². The van der Waals surface area contributed by atoms with Gasteiger partial charge in [0.1, 0.15) is 17.8 Å². The molecule has 0 aliphatic carbocycles. The van der Waals surface area contributed by atoms with E-state index in [4.69, 9.17) is 18.9 Å². The number of ether oxygens (including phenoxy) is 4. The standard InChI is InChI=1S/C23H44O6/c1-16(24)28-22(10,11)19(4,5)21(8,9)27-15-17(25)29-23(12,13)18(2,3)20(6,7)26-14/h15H2,1-14H3. The molecule has 0 bridgehead atoms. The van der Waals surface area contributed by atoms with E-state index in [2.05, 4.69) is 0 Å². The van der Waals surface area contributed by atoms with Gasteiger partial charge in [-0.15, -0.1) is 0 Å². The summed E-state index contributed by atoms with van der Waals surface area (Å²) in [5.74, 6) is -0.813. The molecule has 0 saturated heterocycles. The molecule has 0 amide bonds. The Morgan fingerprint density at radius 1 is 0.621 bits per heavy atom. The summed E-state index contributed by atoms with van der Waals surface area (Å²) in [6.07, 6.45) is 0. The van der Waals surface area contributed by atoms with Gasteiger partial charge < -0.3 is 18.9 Å². The fourth-order valence-electron chi connectivity index (χ4n) is 3.05. The van der Waals surface area contributed by atoms with Crippen LogP contribution in [0.1, 0.15) is 90.0 Å². The molecular formula is C23H44O6. The minimum Gasteiger partial charge on any atom is -0.459 e. The largest absolute Gasteiger partial charge is 0.459 e. The van der Waals surface area contributed by atoms with Gasteiger partial charge in [-0.2, -0.15) is 0 Å². The molecule has 0 saturated carbocycles. The Hall–Kier alpha value is -1.14. The van der Waals surface area contributed by atoms with Gasteiger partial charge in [-0.3, -0.25) is 4.79 Å². The molecule has 0 fully saturated rings. The molecule has 0 aromatic carbocycles. The monoisotopic (exact) mass is 416 g/mol. The first-order valence-electron chi connectivity index (χ1n) is 10.2. The first kappa shape index (κ1) is 27.9. The maximum absolute atomic E-state index is 12.6. The van der Waals surface area contributed by atoms with Gasteiger partial charge in [0, 0.05) is 24.9 Å². The molecule has 0 aromatic rings. The van der Waals surface area contributed by atoms with Crippen molar-refractivity contribution in [3.05, 3.63) is 0 Å². The minimum absolute atomic E-state index is 0.209. The van der Waals surface area contributed by atoms with E-state index in [1.54, 1.807) is 7.11 Å². The fraction of sp³-hybridized carbons (Fsp3) is 0.913. The SMILES string of the molecule is COC(C)(C)C(C)(C)C(C)(C)OC(=O)COC(C)(C)C(C)(C)C(C)(C)OC(C)=O. The van der Waals surface area contributed by atoms with Gasteiger partial charge in [-0.25, -0.2) is 4.79 Å². The molecule has 0 unspecified atom stereocenters. The zero-order chi connectivity index (χ0) is 23.7. The van der Waals surface area contributed by atoms with Crippen LogP contribution in [0.15, 0.2) is 0 Å². The molecule has 0 atom stereocenters. The molecular weight excluding hydrogens is 372 g/mol. The first-order chi connectivity index (χ1) is 12.6. The van der Waals surface area contributed by atoms with E-state index in [-0.39, 0.29) is 12.6 Å². The average Bonchev–Trinajstić information content (AvgIpc) is 2.50. The van der Waals surface area contributed by atoms with Crippen LogP contribution in [0, 0.1) is 10.8 Å². The maximum atomic E-state index is 12.6. The molecule has 0 rings (SSSR count). The third-order valence-electron chi connectivity index (χ3n) is 7.85. The number of carbonyl (C=O) groups excluding carboxylic acids is 2. The van der Waals surface area contributed by atoms with E-state index >= 15 is 0 Å². The summed E-state index contributed by atoms with van der Waals surface area (Å²) in [7, 11) is 1.65. The van der Waals surface area contributed by atoms with Crippen molar-refractivity contribution in [2.45, 2.75) is 112 Å². The molecule has 172 valence electrons. The molecule has 0 N–H and O–H groups in total. The second-order valence-electron chi connectivity index (χ2n) is 10.9. The van der Waals surface area contributed by atoms with Crippen molar-refractivity contribution in [3.8, 4) is 0 Å². The number of methoxy groups -OCH3 is 1. The van der Waals surface area contributed by atoms with Gasteiger partial charge in [0.05, 0.1) is 11.2 Å². The minimum atomic E-state index is -0.796. The highest BCUT2D eigenvalue weighted by Gasteiger charge is 2.53. The van der Waals surface area contributed by atoms with E-state index in [9.17, 15) is 9.59 Å². The van der Waals surface area contributed by atoms with E-state index in [0.717, 1.165) is 0 Å². The summed E-state index contributed by atoms with van der Waals surface area (Å²) in [5.41, 5.74) is -3.90. The molecule has 0 aromatic heterocycles. The lowest BCUT2D eigenvalue weighted by atomic mass is 9.66. The lowest BCUT2D eigenvalue weighted by molar-refractivity contribution is -0.218. The van der Waals surface area contributed by atoms with Crippen molar-refractivity contribution in [2.24, 2.45) is 10.8 Å². The van der Waals surface area contributed by atoms with Crippen LogP contribution in [0.25, 0.3) is 0 Å². The third kappa shape index (κ3) is 5.72. The van der Waals surface area contributed by atoms with Gasteiger partial charge in [0.2, 0.25) is 0 Å². The predicted octanol–water partition coefficient (Wildman–Crippen LogP) is 4.92. The highest BCUT2D eigenvalue weighted by molar-refractivity contribution is 5.71. The van der Waals surface area contributed by atoms with Crippen LogP contribution < -0.4 is 0 Å². The van der Waals surface area contributed by atoms with Gasteiger partial charge >= 0.3 is 11.9 Å². The lowest BCUT2D eigenvalue weighted by Gasteiger charge is -2.51. The van der Waals surface area contributed by atoms with Gasteiger partial charge in [-0.1, -0.05) is 27.7 Å². The van der Waals surface area contributed by atoms with E-state index in [1.165, 1.54) is 6.92 Å². The normalized spacial score (nSPS) is 14.6. The molecule has 0 spiro atoms. The topological polar surface area (TPSA) is 71.1 Å². The summed E-state index contributed by atoms with van der Waals surface area (Å²) in [5, 5.41) is 0. The van der Waals surface area contributed by atoms with Gasteiger partial charge in [0.15, 0.2) is 0 Å². The van der Waals surface area contributed by atoms with E-state index in [0.29, 0.717) is 0 Å². The first-order valence-corrected chi connectivity index (χ1v) is 10.2. The van der Waals surface area contributed by atoms with Crippen molar-refractivity contribution < 1.29 is 28.5 Å². The van der Waals surface area contributed by atoms with Crippen LogP contribution in [0.2, 0.25) is 0 Å². The molecule has 6 heteroatoms. The summed E-state index contributed by atoms with van der Waals surface area (Å²) in [6.45, 7) is 24.3. The number of hydrogen-bond donors (Lipinski definition) is 0. The van der Waals surface area contributed by atoms with Crippen LogP contribution in [-0.2, 0) is 28.5 Å². The summed E-state index contributed by atoms with van der Waals surface area (Å²) >= 11 is 0. The summed E-state index contributed by atoms with van der Waals surface area (Å²) in [6, 6.07) is 0. The maximum Gasteiger partial charge on any atom is 0.332 e. The smallest absolute Gasteiger partial charge is 0.332 e. The molecule has 0 aliphatic rings. The summed E-state index contributed by atoms with van der Waals surface area (Å²) < 4.78 is 23.0. The van der Waals surface area contributed by atoms with Crippen LogP contribution >= 0.6 is 0 Å². The van der Waals surface area contributed by atoms with Crippen molar-refractivity contribution in [2.75, 3.05) is 13.7 Å². The average molecular weight is 417 g/mol. The van der Waals surface area contributed by atoms with E-state index < -0.39 is 39.2 Å². The number of esters is 2. The Balaban J connectivity index is 5.33. The van der Waals surface area contributed by atoms with Crippen LogP contribution in [0.3, 0.4) is 0 Å². The van der Waals surface area contributed by atoms with Crippen molar-refractivity contribution in [1.29, 1.82) is 0 Å². The molecule has 6 nitrogen and oxygen atoms in total. The van der Waals surface area contributed by atoms with Gasteiger partial charge in [0.25, 0.3) is 0 Å². The third-order valence-corrected chi connectivity index (χ3v) is 7.85. The van der Waals surface area contributed by atoms with Crippen molar-refractivity contribution >= 4 is 11.9 Å².